The van der Waals surface area contributed by atoms with Crippen LogP contribution in [0, 0.1) is 0 Å². The van der Waals surface area contributed by atoms with E-state index < -0.39 is 17.9 Å². The summed E-state index contributed by atoms with van der Waals surface area (Å²) in [5.41, 5.74) is 5.04. The molecule has 0 fully saturated rings. The molecule has 0 heterocycles. The van der Waals surface area contributed by atoms with Crippen LogP contribution < -0.4 is 11.1 Å². The van der Waals surface area contributed by atoms with Crippen LogP contribution >= 0.6 is 0 Å². The van der Waals surface area contributed by atoms with Gasteiger partial charge in [-0.2, -0.15) is 0 Å². The average Bonchev–Trinajstić information content (AvgIpc) is 2.47. The van der Waals surface area contributed by atoms with E-state index in [1.54, 1.807) is 0 Å². The second-order valence-corrected chi connectivity index (χ2v) is 6.03. The van der Waals surface area contributed by atoms with Crippen LogP contribution in [-0.4, -0.2) is 88.7 Å². The van der Waals surface area contributed by atoms with Crippen molar-refractivity contribution in [3.05, 3.63) is 0 Å². The minimum atomic E-state index is -0.909. The largest absolute Gasteiger partial charge is 0.480 e. The van der Waals surface area contributed by atoms with Crippen LogP contribution in [0.1, 0.15) is 84.0 Å². The normalized spacial score (nSPS) is 11.2. The number of amides is 1. The van der Waals surface area contributed by atoms with Gasteiger partial charge in [0.1, 0.15) is 6.04 Å². The van der Waals surface area contributed by atoms with E-state index in [9.17, 15) is 9.59 Å². The van der Waals surface area contributed by atoms with E-state index in [1.165, 1.54) is 51.4 Å². The molecule has 0 aromatic carbocycles. The molecule has 0 unspecified atom stereocenters. The van der Waals surface area contributed by atoms with Crippen LogP contribution in [-0.2, 0) is 9.59 Å². The maximum Gasteiger partial charge on any atom is 0.320 e. The van der Waals surface area contributed by atoms with Gasteiger partial charge in [-0.1, -0.05) is 64.7 Å². The Morgan fingerprint density at radius 2 is 1.38 bits per heavy atom. The topological polar surface area (TPSA) is 92.4 Å². The zero-order valence-corrected chi connectivity index (χ0v) is 20.1. The van der Waals surface area contributed by atoms with Crippen molar-refractivity contribution in [1.82, 2.24) is 5.32 Å². The molecule has 4 N–H and O–H groups in total. The van der Waals surface area contributed by atoms with Crippen LogP contribution in [0.2, 0.25) is 0 Å². The minimum absolute atomic E-state index is 0. The van der Waals surface area contributed by atoms with E-state index in [0.29, 0.717) is 6.54 Å². The molecule has 5 nitrogen and oxygen atoms in total. The first-order valence-corrected chi connectivity index (χ1v) is 8.82. The molecule has 2 radical (unpaired) electrons. The molecule has 0 spiro atoms. The third kappa shape index (κ3) is 20.9. The van der Waals surface area contributed by atoms with Crippen molar-refractivity contribution in [3.63, 3.8) is 0 Å². The molecule has 0 aliphatic heterocycles. The van der Waals surface area contributed by atoms with Crippen molar-refractivity contribution < 1.29 is 14.7 Å². The summed E-state index contributed by atoms with van der Waals surface area (Å²) >= 11 is 0. The van der Waals surface area contributed by atoms with Gasteiger partial charge in [-0.15, -0.1) is 0 Å². The summed E-state index contributed by atoms with van der Waals surface area (Å²) in [5.74, 6) is -1.36. The van der Waals surface area contributed by atoms with Gasteiger partial charge in [0.15, 0.2) is 0 Å². The Hall–Kier alpha value is 0.900. The Balaban J connectivity index is -0.00000220. The molecule has 0 aromatic rings. The van der Waals surface area contributed by atoms with Gasteiger partial charge in [0.2, 0.25) is 5.91 Å². The van der Waals surface area contributed by atoms with Crippen molar-refractivity contribution in [3.8, 4) is 0 Å². The fourth-order valence-corrected chi connectivity index (χ4v) is 2.49. The fraction of sp³-hybridized carbons (Fsp3) is 0.882. The van der Waals surface area contributed by atoms with Crippen molar-refractivity contribution in [2.45, 2.75) is 90.0 Å². The quantitative estimate of drug-likeness (QED) is 0.291. The van der Waals surface area contributed by atoms with Gasteiger partial charge in [-0.3, -0.25) is 9.59 Å². The predicted octanol–water partition coefficient (Wildman–Crippen LogP) is 2.45. The molecule has 0 aliphatic rings. The third-order valence-corrected chi connectivity index (χ3v) is 3.90. The number of carbonyl (C=O) groups is 2. The Kier molecular flexibility index (Phi) is 27.1. The number of nitrogens with two attached hydrogens (primary N) is 1. The number of nitrogens with one attached hydrogen (secondary N) is 1. The number of hydrogen-bond donors (Lipinski definition) is 3. The summed E-state index contributed by atoms with van der Waals surface area (Å²) < 4.78 is 0. The van der Waals surface area contributed by atoms with Gasteiger partial charge < -0.3 is 16.2 Å². The minimum Gasteiger partial charge on any atom is -0.480 e. The second kappa shape index (κ2) is 21.9. The molecule has 132 valence electrons. The first-order valence-electron chi connectivity index (χ1n) is 8.82. The third-order valence-electron chi connectivity index (χ3n) is 3.90. The molecule has 0 aliphatic carbocycles. The van der Waals surface area contributed by atoms with Crippen molar-refractivity contribution in [1.29, 1.82) is 0 Å². The zero-order chi connectivity index (χ0) is 16.6. The number of hydrogen-bond acceptors (Lipinski definition) is 3. The number of rotatable bonds is 16. The van der Waals surface area contributed by atoms with E-state index in [1.807, 2.05) is 0 Å². The summed E-state index contributed by atoms with van der Waals surface area (Å²) in [7, 11) is 0. The summed E-state index contributed by atoms with van der Waals surface area (Å²) in [5, 5.41) is 12.0. The Morgan fingerprint density at radius 3 is 1.79 bits per heavy atom. The van der Waals surface area contributed by atoms with Crippen LogP contribution in [0.25, 0.3) is 0 Å². The molecule has 0 saturated heterocycles. The summed E-state index contributed by atoms with van der Waals surface area (Å²) in [6, 6.07) is -0.661. The van der Waals surface area contributed by atoms with Gasteiger partial charge in [-0.25, -0.2) is 0 Å². The Labute approximate surface area is 191 Å². The van der Waals surface area contributed by atoms with Crippen LogP contribution in [0.4, 0.5) is 0 Å². The summed E-state index contributed by atoms with van der Waals surface area (Å²) in [6.45, 7) is 2.92. The molecule has 0 aromatic heterocycles. The SMILES string of the molecule is CCCCCCCCCCCCN[C@@H](CCC(N)=O)C(=O)O.[Na].[Na]. The first-order chi connectivity index (χ1) is 10.6. The van der Waals surface area contributed by atoms with E-state index in [0.717, 1.165) is 12.8 Å². The molecule has 1 atom stereocenters. The Bertz CT molecular complexity index is 306. The van der Waals surface area contributed by atoms with Crippen molar-refractivity contribution in [2.75, 3.05) is 6.54 Å². The molecule has 1 amide bonds. The van der Waals surface area contributed by atoms with Crippen LogP contribution in [0.15, 0.2) is 0 Å². The van der Waals surface area contributed by atoms with Gasteiger partial charge in [0.25, 0.3) is 0 Å². The van der Waals surface area contributed by atoms with E-state index in [-0.39, 0.29) is 72.0 Å². The zero-order valence-electron chi connectivity index (χ0n) is 16.1. The molecular formula is C17H34N2Na2O3. The number of aliphatic carboxylic acids is 1. The van der Waals surface area contributed by atoms with Crippen LogP contribution in [0.5, 0.6) is 0 Å². The standard InChI is InChI=1S/C17H34N2O3.2Na/c1-2-3-4-5-6-7-8-9-10-11-14-19-15(17(21)22)12-13-16(18)20;;/h15,19H,2-14H2,1H3,(H2,18,20)(H,21,22);;/t15-;;/m0../s1. The number of carbonyl (C=O) groups excluding carboxylic acids is 1. The smallest absolute Gasteiger partial charge is 0.320 e. The predicted molar refractivity (Wildman–Crippen MR) is 101 cm³/mol. The Morgan fingerprint density at radius 1 is 0.917 bits per heavy atom. The van der Waals surface area contributed by atoms with Crippen molar-refractivity contribution >= 4 is 71.0 Å². The number of carboxylic acids is 1. The average molecular weight is 360 g/mol. The molecule has 24 heavy (non-hydrogen) atoms. The summed E-state index contributed by atoms with van der Waals surface area (Å²) in [6.07, 6.45) is 13.0. The molecule has 7 heteroatoms. The monoisotopic (exact) mass is 360 g/mol. The van der Waals surface area contributed by atoms with Crippen LogP contribution in [0.3, 0.4) is 0 Å². The van der Waals surface area contributed by atoms with Gasteiger partial charge >= 0.3 is 5.97 Å². The molecular weight excluding hydrogens is 326 g/mol. The van der Waals surface area contributed by atoms with Gasteiger partial charge in [-0.05, 0) is 19.4 Å². The van der Waals surface area contributed by atoms with E-state index in [4.69, 9.17) is 10.8 Å². The molecule has 0 saturated carbocycles. The first kappa shape index (κ1) is 29.7. The number of unbranched alkanes of at least 4 members (excludes halogenated alkanes) is 9. The summed E-state index contributed by atoms with van der Waals surface area (Å²) in [4.78, 5) is 21.7. The maximum atomic E-state index is 11.0. The second-order valence-electron chi connectivity index (χ2n) is 6.03. The van der Waals surface area contributed by atoms with E-state index in [2.05, 4.69) is 12.2 Å². The maximum absolute atomic E-state index is 11.0. The van der Waals surface area contributed by atoms with Crippen molar-refractivity contribution in [2.24, 2.45) is 5.73 Å². The van der Waals surface area contributed by atoms with E-state index >= 15 is 0 Å². The number of carboxylic acid groups (broad SMARTS) is 1. The number of primary amides is 1. The molecule has 0 bridgehead atoms. The van der Waals surface area contributed by atoms with Gasteiger partial charge in [0, 0.05) is 65.5 Å². The van der Waals surface area contributed by atoms with Gasteiger partial charge in [0.05, 0.1) is 0 Å². The fourth-order valence-electron chi connectivity index (χ4n) is 2.49. The molecule has 0 rings (SSSR count).